The first-order valence-corrected chi connectivity index (χ1v) is 9.87. The molecule has 1 aliphatic heterocycles. The Hall–Kier alpha value is -4.33. The highest BCUT2D eigenvalue weighted by atomic mass is 16.6. The number of Topliss-reactive ketones (excluding diaryl/α,β-unsaturated/α-hetero) is 1. The van der Waals surface area contributed by atoms with Gasteiger partial charge in [-0.2, -0.15) is 0 Å². The molecule has 4 rings (SSSR count). The van der Waals surface area contributed by atoms with Crippen LogP contribution >= 0.6 is 0 Å². The van der Waals surface area contributed by atoms with Crippen molar-refractivity contribution in [2.45, 2.75) is 12.5 Å². The predicted octanol–water partition coefficient (Wildman–Crippen LogP) is 3.91. The van der Waals surface area contributed by atoms with Crippen molar-refractivity contribution < 1.29 is 19.3 Å². The van der Waals surface area contributed by atoms with Crippen molar-refractivity contribution in [3.63, 3.8) is 0 Å². The van der Waals surface area contributed by atoms with Gasteiger partial charge in [-0.3, -0.25) is 24.6 Å². The maximum atomic E-state index is 13.0. The number of rotatable bonds is 6. The lowest BCUT2D eigenvalue weighted by Gasteiger charge is -2.22. The van der Waals surface area contributed by atoms with Crippen molar-refractivity contribution >= 4 is 23.4 Å². The number of carbonyl (C=O) groups is 3. The summed E-state index contributed by atoms with van der Waals surface area (Å²) in [5.41, 5.74) is 1.20. The summed E-state index contributed by atoms with van der Waals surface area (Å²) >= 11 is 0. The number of hydrogen-bond acceptors (Lipinski definition) is 5. The van der Waals surface area contributed by atoms with E-state index in [0.29, 0.717) is 11.1 Å². The lowest BCUT2D eigenvalue weighted by Crippen LogP contribution is -2.41. The number of carbonyl (C=O) groups excluding carboxylic acids is 3. The summed E-state index contributed by atoms with van der Waals surface area (Å²) in [6.07, 6.45) is 0. The third kappa shape index (κ3) is 3.74. The number of nitrogens with zero attached hydrogens (tertiary/aromatic N) is 2. The Morgan fingerprint density at radius 3 is 2.12 bits per heavy atom. The first kappa shape index (κ1) is 20.9. The van der Waals surface area contributed by atoms with Crippen LogP contribution in [0.1, 0.15) is 22.8 Å². The van der Waals surface area contributed by atoms with Gasteiger partial charge in [0.05, 0.1) is 11.5 Å². The van der Waals surface area contributed by atoms with Crippen molar-refractivity contribution in [2.24, 2.45) is 0 Å². The normalized spacial score (nSPS) is 17.8. The molecule has 1 saturated heterocycles. The maximum absolute atomic E-state index is 13.0. The largest absolute Gasteiger partial charge is 0.325 e. The van der Waals surface area contributed by atoms with Gasteiger partial charge in [-0.1, -0.05) is 54.6 Å². The minimum Gasteiger partial charge on any atom is -0.319 e. The molecule has 0 aromatic heterocycles. The highest BCUT2D eigenvalue weighted by molar-refractivity contribution is 6.11. The summed E-state index contributed by atoms with van der Waals surface area (Å²) in [5.74, 6) is -0.966. The van der Waals surface area contributed by atoms with Gasteiger partial charge in [-0.05, 0) is 35.7 Å². The smallest absolute Gasteiger partial charge is 0.319 e. The van der Waals surface area contributed by atoms with Gasteiger partial charge in [0.1, 0.15) is 5.54 Å². The number of non-ortho nitro benzene ring substituents is 1. The molecule has 1 unspecified atom stereocenters. The summed E-state index contributed by atoms with van der Waals surface area (Å²) in [6, 6.07) is 21.3. The topological polar surface area (TPSA) is 110 Å². The Morgan fingerprint density at radius 1 is 0.938 bits per heavy atom. The van der Waals surface area contributed by atoms with Crippen LogP contribution in [0.2, 0.25) is 0 Å². The molecule has 8 nitrogen and oxygen atoms in total. The molecule has 1 atom stereocenters. The molecule has 0 radical (unpaired) electrons. The predicted molar refractivity (Wildman–Crippen MR) is 117 cm³/mol. The van der Waals surface area contributed by atoms with Crippen molar-refractivity contribution in [3.05, 3.63) is 100 Å². The van der Waals surface area contributed by atoms with Crippen LogP contribution in [0, 0.1) is 10.1 Å². The van der Waals surface area contributed by atoms with Gasteiger partial charge in [0, 0.05) is 17.7 Å². The van der Waals surface area contributed by atoms with E-state index in [1.165, 1.54) is 31.2 Å². The number of nitro benzene ring substituents is 1. The standard InChI is InChI=1S/C24H19N3O5/c1-24(19-11-13-20(14-12-19)27(31)32)22(29)26(23(30)25-24)15-21(28)18-9-7-17(8-10-18)16-5-3-2-4-6-16/h2-14H,15H2,1H3,(H,25,30). The highest BCUT2D eigenvalue weighted by Gasteiger charge is 2.49. The van der Waals surface area contributed by atoms with Crippen LogP contribution in [0.5, 0.6) is 0 Å². The molecule has 8 heteroatoms. The lowest BCUT2D eigenvalue weighted by molar-refractivity contribution is -0.384. The molecule has 0 aliphatic carbocycles. The summed E-state index contributed by atoms with van der Waals surface area (Å²) in [5, 5.41) is 13.5. The van der Waals surface area contributed by atoms with E-state index < -0.39 is 28.9 Å². The molecule has 3 amide bonds. The molecule has 1 heterocycles. The fraction of sp³-hybridized carbons (Fsp3) is 0.125. The van der Waals surface area contributed by atoms with Crippen LogP contribution in [-0.2, 0) is 10.3 Å². The molecule has 3 aromatic rings. The summed E-state index contributed by atoms with van der Waals surface area (Å²) in [6.45, 7) is 1.10. The van der Waals surface area contributed by atoms with E-state index in [-0.39, 0.29) is 11.5 Å². The number of hydrogen-bond donors (Lipinski definition) is 1. The van der Waals surface area contributed by atoms with E-state index in [9.17, 15) is 24.5 Å². The van der Waals surface area contributed by atoms with Gasteiger partial charge < -0.3 is 5.32 Å². The van der Waals surface area contributed by atoms with Gasteiger partial charge in [0.25, 0.3) is 11.6 Å². The summed E-state index contributed by atoms with van der Waals surface area (Å²) in [7, 11) is 0. The molecule has 1 N–H and O–H groups in total. The molecule has 3 aromatic carbocycles. The second kappa shape index (κ2) is 8.07. The Bertz CT molecular complexity index is 1210. The van der Waals surface area contributed by atoms with Gasteiger partial charge >= 0.3 is 6.03 Å². The number of amides is 3. The van der Waals surface area contributed by atoms with E-state index in [1.54, 1.807) is 12.1 Å². The molecular formula is C24H19N3O5. The summed E-state index contributed by atoms with van der Waals surface area (Å²) < 4.78 is 0. The number of urea groups is 1. The Labute approximate surface area is 183 Å². The van der Waals surface area contributed by atoms with Crippen LogP contribution in [0.25, 0.3) is 11.1 Å². The van der Waals surface area contributed by atoms with Gasteiger partial charge in [0.15, 0.2) is 5.78 Å². The SMILES string of the molecule is CC1(c2ccc([N+](=O)[O-])cc2)NC(=O)N(CC(=O)c2ccc(-c3ccccc3)cc2)C1=O. The fourth-order valence-corrected chi connectivity index (χ4v) is 3.67. The van der Waals surface area contributed by atoms with Crippen LogP contribution in [-0.4, -0.2) is 34.1 Å². The molecular weight excluding hydrogens is 410 g/mol. The van der Waals surface area contributed by atoms with Crippen molar-refractivity contribution in [3.8, 4) is 11.1 Å². The first-order valence-electron chi connectivity index (χ1n) is 9.87. The molecule has 0 bridgehead atoms. The number of benzene rings is 3. The van der Waals surface area contributed by atoms with E-state index in [1.807, 2.05) is 42.5 Å². The summed E-state index contributed by atoms with van der Waals surface area (Å²) in [4.78, 5) is 49.5. The molecule has 1 aliphatic rings. The van der Waals surface area contributed by atoms with Crippen molar-refractivity contribution in [2.75, 3.05) is 6.54 Å². The van der Waals surface area contributed by atoms with Crippen LogP contribution in [0.3, 0.4) is 0 Å². The van der Waals surface area contributed by atoms with Gasteiger partial charge in [-0.15, -0.1) is 0 Å². The molecule has 0 saturated carbocycles. The van der Waals surface area contributed by atoms with E-state index in [0.717, 1.165) is 16.0 Å². The minimum absolute atomic E-state index is 0.125. The zero-order valence-electron chi connectivity index (χ0n) is 17.1. The molecule has 1 fully saturated rings. The number of nitrogens with one attached hydrogen (secondary N) is 1. The zero-order chi connectivity index (χ0) is 22.9. The van der Waals surface area contributed by atoms with Gasteiger partial charge in [0.2, 0.25) is 0 Å². The second-order valence-electron chi connectivity index (χ2n) is 7.62. The first-order chi connectivity index (χ1) is 15.3. The minimum atomic E-state index is -1.41. The second-order valence-corrected chi connectivity index (χ2v) is 7.62. The zero-order valence-corrected chi connectivity index (χ0v) is 17.1. The van der Waals surface area contributed by atoms with Crippen LogP contribution in [0.4, 0.5) is 10.5 Å². The third-order valence-electron chi connectivity index (χ3n) is 5.55. The van der Waals surface area contributed by atoms with Crippen molar-refractivity contribution in [1.29, 1.82) is 0 Å². The maximum Gasteiger partial charge on any atom is 0.325 e. The van der Waals surface area contributed by atoms with Gasteiger partial charge in [-0.25, -0.2) is 4.79 Å². The fourth-order valence-electron chi connectivity index (χ4n) is 3.67. The molecule has 32 heavy (non-hydrogen) atoms. The quantitative estimate of drug-likeness (QED) is 0.276. The van der Waals surface area contributed by atoms with E-state index >= 15 is 0 Å². The molecule has 160 valence electrons. The van der Waals surface area contributed by atoms with Crippen LogP contribution in [0.15, 0.2) is 78.9 Å². The van der Waals surface area contributed by atoms with Crippen LogP contribution < -0.4 is 5.32 Å². The average Bonchev–Trinajstić information content (AvgIpc) is 3.03. The average molecular weight is 429 g/mol. The molecule has 0 spiro atoms. The highest BCUT2D eigenvalue weighted by Crippen LogP contribution is 2.30. The van der Waals surface area contributed by atoms with Crippen molar-refractivity contribution in [1.82, 2.24) is 10.2 Å². The Kier molecular flexibility index (Phi) is 5.28. The van der Waals surface area contributed by atoms with E-state index in [4.69, 9.17) is 0 Å². The number of imide groups is 1. The Balaban J connectivity index is 1.50. The van der Waals surface area contributed by atoms with E-state index in [2.05, 4.69) is 5.32 Å². The number of ketones is 1. The monoisotopic (exact) mass is 429 g/mol. The lowest BCUT2D eigenvalue weighted by atomic mass is 9.92. The third-order valence-corrected chi connectivity index (χ3v) is 5.55. The Morgan fingerprint density at radius 2 is 1.53 bits per heavy atom. The number of nitro groups is 1.